The number of hydrogen-bond acceptors (Lipinski definition) is 3. The molecule has 0 amide bonds. The fourth-order valence-electron chi connectivity index (χ4n) is 2.54. The van der Waals surface area contributed by atoms with Crippen LogP contribution in [0, 0.1) is 0 Å². The Morgan fingerprint density at radius 3 is 2.40 bits per heavy atom. The lowest BCUT2D eigenvalue weighted by atomic mass is 10.0. The lowest BCUT2D eigenvalue weighted by Crippen LogP contribution is -2.45. The quantitative estimate of drug-likeness (QED) is 0.844. The number of nitrogens with zero attached hydrogens (tertiary/aromatic N) is 1. The molecule has 0 fully saturated rings. The molecule has 0 aliphatic carbocycles. The first kappa shape index (κ1) is 15.2. The molecule has 20 heavy (non-hydrogen) atoms. The van der Waals surface area contributed by atoms with Crippen molar-refractivity contribution < 1.29 is 0 Å². The molecule has 2 N–H and O–H groups in total. The molecule has 0 aliphatic heterocycles. The first-order valence-corrected chi connectivity index (χ1v) is 8.10. The van der Waals surface area contributed by atoms with E-state index in [-0.39, 0.29) is 0 Å². The monoisotopic (exact) mass is 288 g/mol. The third-order valence-electron chi connectivity index (χ3n) is 3.64. The second kappa shape index (κ2) is 7.58. The van der Waals surface area contributed by atoms with Crippen molar-refractivity contribution in [3.8, 4) is 0 Å². The molecule has 0 bridgehead atoms. The van der Waals surface area contributed by atoms with E-state index in [2.05, 4.69) is 66.6 Å². The van der Waals surface area contributed by atoms with Crippen molar-refractivity contribution in [2.24, 2.45) is 5.73 Å². The summed E-state index contributed by atoms with van der Waals surface area (Å²) in [6.45, 7) is 6.19. The normalized spacial score (nSPS) is 13.1. The summed E-state index contributed by atoms with van der Waals surface area (Å²) in [6.07, 6.45) is 1.01. The third kappa shape index (κ3) is 4.17. The van der Waals surface area contributed by atoms with Crippen LogP contribution in [-0.2, 0) is 13.0 Å². The SMILES string of the molecule is CC(C)N(Cc1cccs1)C(CN)Cc1ccccc1. The summed E-state index contributed by atoms with van der Waals surface area (Å²) in [5.74, 6) is 0. The summed E-state index contributed by atoms with van der Waals surface area (Å²) in [5.41, 5.74) is 7.41. The van der Waals surface area contributed by atoms with Crippen LogP contribution in [0.4, 0.5) is 0 Å². The Morgan fingerprint density at radius 1 is 1.10 bits per heavy atom. The average molecular weight is 288 g/mol. The molecule has 2 rings (SSSR count). The van der Waals surface area contributed by atoms with Crippen molar-refractivity contribution in [3.05, 3.63) is 58.3 Å². The van der Waals surface area contributed by atoms with Crippen molar-refractivity contribution in [1.29, 1.82) is 0 Å². The van der Waals surface area contributed by atoms with E-state index in [1.165, 1.54) is 10.4 Å². The molecule has 0 saturated carbocycles. The molecule has 2 nitrogen and oxygen atoms in total. The largest absolute Gasteiger partial charge is 0.329 e. The topological polar surface area (TPSA) is 29.3 Å². The van der Waals surface area contributed by atoms with Gasteiger partial charge in [0.05, 0.1) is 0 Å². The van der Waals surface area contributed by atoms with Crippen molar-refractivity contribution in [2.75, 3.05) is 6.54 Å². The molecule has 1 unspecified atom stereocenters. The van der Waals surface area contributed by atoms with Gasteiger partial charge < -0.3 is 5.73 Å². The highest BCUT2D eigenvalue weighted by atomic mass is 32.1. The summed E-state index contributed by atoms with van der Waals surface area (Å²) >= 11 is 1.82. The molecule has 0 saturated heterocycles. The molecule has 2 aromatic rings. The zero-order valence-corrected chi connectivity index (χ0v) is 13.1. The maximum Gasteiger partial charge on any atom is 0.0334 e. The van der Waals surface area contributed by atoms with Crippen LogP contribution >= 0.6 is 11.3 Å². The average Bonchev–Trinajstić information content (AvgIpc) is 2.96. The molecule has 0 aliphatic rings. The van der Waals surface area contributed by atoms with Crippen LogP contribution in [0.25, 0.3) is 0 Å². The Bertz CT molecular complexity index is 479. The smallest absolute Gasteiger partial charge is 0.0334 e. The van der Waals surface area contributed by atoms with E-state index in [9.17, 15) is 0 Å². The summed E-state index contributed by atoms with van der Waals surface area (Å²) in [6, 6.07) is 15.8. The van der Waals surface area contributed by atoms with E-state index in [0.29, 0.717) is 18.6 Å². The van der Waals surface area contributed by atoms with Gasteiger partial charge >= 0.3 is 0 Å². The molecule has 1 atom stereocenters. The Balaban J connectivity index is 2.09. The number of hydrogen-bond donors (Lipinski definition) is 1. The highest BCUT2D eigenvalue weighted by Gasteiger charge is 2.20. The second-order valence-electron chi connectivity index (χ2n) is 5.42. The second-order valence-corrected chi connectivity index (χ2v) is 6.46. The summed E-state index contributed by atoms with van der Waals surface area (Å²) in [4.78, 5) is 3.92. The highest BCUT2D eigenvalue weighted by Crippen LogP contribution is 2.18. The van der Waals surface area contributed by atoms with Gasteiger partial charge in [0.2, 0.25) is 0 Å². The standard InChI is InChI=1S/C17H24N2S/c1-14(2)19(13-17-9-6-10-20-17)16(12-18)11-15-7-4-3-5-8-15/h3-10,14,16H,11-13,18H2,1-2H3. The Morgan fingerprint density at radius 2 is 1.85 bits per heavy atom. The van der Waals surface area contributed by atoms with E-state index < -0.39 is 0 Å². The van der Waals surface area contributed by atoms with Crippen LogP contribution in [0.5, 0.6) is 0 Å². The number of nitrogens with two attached hydrogens (primary N) is 1. The van der Waals surface area contributed by atoms with Gasteiger partial charge in [0.15, 0.2) is 0 Å². The van der Waals surface area contributed by atoms with Gasteiger partial charge in [0.1, 0.15) is 0 Å². The predicted molar refractivity (Wildman–Crippen MR) is 88.0 cm³/mol. The molecule has 1 heterocycles. The predicted octanol–water partition coefficient (Wildman–Crippen LogP) is 3.53. The molecule has 0 radical (unpaired) electrons. The van der Waals surface area contributed by atoms with Crippen molar-refractivity contribution in [1.82, 2.24) is 4.90 Å². The Kier molecular flexibility index (Phi) is 5.77. The number of benzene rings is 1. The Labute approximate surface area is 126 Å². The van der Waals surface area contributed by atoms with Gasteiger partial charge in [-0.15, -0.1) is 11.3 Å². The maximum atomic E-state index is 6.05. The van der Waals surface area contributed by atoms with Crippen molar-refractivity contribution >= 4 is 11.3 Å². The molecule has 1 aromatic heterocycles. The van der Waals surface area contributed by atoms with Gasteiger partial charge in [-0.05, 0) is 37.3 Å². The minimum Gasteiger partial charge on any atom is -0.329 e. The Hall–Kier alpha value is -1.16. The molecule has 1 aromatic carbocycles. The molecule has 0 spiro atoms. The number of rotatable bonds is 7. The lowest BCUT2D eigenvalue weighted by Gasteiger charge is -2.34. The third-order valence-corrected chi connectivity index (χ3v) is 4.50. The fourth-order valence-corrected chi connectivity index (χ4v) is 3.25. The summed E-state index contributed by atoms with van der Waals surface area (Å²) in [5, 5.41) is 2.14. The van der Waals surface area contributed by atoms with E-state index in [1.54, 1.807) is 0 Å². The number of thiophene rings is 1. The fraction of sp³-hybridized carbons (Fsp3) is 0.412. The van der Waals surface area contributed by atoms with Crippen LogP contribution < -0.4 is 5.73 Å². The van der Waals surface area contributed by atoms with Crippen LogP contribution in [0.3, 0.4) is 0 Å². The van der Waals surface area contributed by atoms with E-state index in [1.807, 2.05) is 11.3 Å². The zero-order chi connectivity index (χ0) is 14.4. The maximum absolute atomic E-state index is 6.05. The summed E-state index contributed by atoms with van der Waals surface area (Å²) in [7, 11) is 0. The zero-order valence-electron chi connectivity index (χ0n) is 12.3. The van der Waals surface area contributed by atoms with Gasteiger partial charge in [-0.25, -0.2) is 0 Å². The molecular weight excluding hydrogens is 264 g/mol. The van der Waals surface area contributed by atoms with Gasteiger partial charge in [-0.2, -0.15) is 0 Å². The van der Waals surface area contributed by atoms with Gasteiger partial charge in [0, 0.05) is 30.1 Å². The van der Waals surface area contributed by atoms with Gasteiger partial charge in [0.25, 0.3) is 0 Å². The van der Waals surface area contributed by atoms with Gasteiger partial charge in [-0.1, -0.05) is 36.4 Å². The first-order chi connectivity index (χ1) is 9.70. The summed E-state index contributed by atoms with van der Waals surface area (Å²) < 4.78 is 0. The first-order valence-electron chi connectivity index (χ1n) is 7.23. The van der Waals surface area contributed by atoms with Crippen LogP contribution in [0.1, 0.15) is 24.3 Å². The van der Waals surface area contributed by atoms with Crippen LogP contribution in [0.15, 0.2) is 47.8 Å². The van der Waals surface area contributed by atoms with E-state index >= 15 is 0 Å². The highest BCUT2D eigenvalue weighted by molar-refractivity contribution is 7.09. The minimum absolute atomic E-state index is 0.388. The van der Waals surface area contributed by atoms with Crippen molar-refractivity contribution in [2.45, 2.75) is 38.9 Å². The molecule has 108 valence electrons. The van der Waals surface area contributed by atoms with Crippen molar-refractivity contribution in [3.63, 3.8) is 0 Å². The molecular formula is C17H24N2S. The van der Waals surface area contributed by atoms with Gasteiger partial charge in [-0.3, -0.25) is 4.90 Å². The van der Waals surface area contributed by atoms with Crippen LogP contribution in [-0.4, -0.2) is 23.5 Å². The van der Waals surface area contributed by atoms with Crippen LogP contribution in [0.2, 0.25) is 0 Å². The van der Waals surface area contributed by atoms with E-state index in [0.717, 1.165) is 13.0 Å². The molecule has 3 heteroatoms. The minimum atomic E-state index is 0.388. The van der Waals surface area contributed by atoms with E-state index in [4.69, 9.17) is 5.73 Å². The lowest BCUT2D eigenvalue weighted by molar-refractivity contribution is 0.148.